The average molecular weight is 334 g/mol. The Balaban J connectivity index is 2.00. The molecule has 0 saturated carbocycles. The van der Waals surface area contributed by atoms with Crippen molar-refractivity contribution >= 4 is 15.9 Å². The molecule has 0 amide bonds. The lowest BCUT2D eigenvalue weighted by Crippen LogP contribution is -2.22. The van der Waals surface area contributed by atoms with Crippen molar-refractivity contribution in [3.63, 3.8) is 0 Å². The first-order chi connectivity index (χ1) is 9.24. The van der Waals surface area contributed by atoms with E-state index in [4.69, 9.17) is 9.47 Å². The van der Waals surface area contributed by atoms with Crippen LogP contribution in [0.3, 0.4) is 0 Å². The number of ether oxygens (including phenoxy) is 2. The van der Waals surface area contributed by atoms with Crippen LogP contribution < -0.4 is 10.1 Å². The Labute approximate surface area is 122 Å². The van der Waals surface area contributed by atoms with Crippen LogP contribution in [-0.4, -0.2) is 32.9 Å². The molecule has 1 N–H and O–H groups in total. The maximum atomic E-state index is 13.0. The second-order valence-corrected chi connectivity index (χ2v) is 4.93. The Morgan fingerprint density at radius 3 is 2.79 bits per heavy atom. The van der Waals surface area contributed by atoms with Crippen molar-refractivity contribution in [2.75, 3.05) is 32.9 Å². The molecule has 0 fully saturated rings. The molecule has 0 saturated heterocycles. The Morgan fingerprint density at radius 1 is 1.21 bits per heavy atom. The number of halogens is 2. The molecule has 3 nitrogen and oxygen atoms in total. The van der Waals surface area contributed by atoms with Crippen molar-refractivity contribution in [1.29, 1.82) is 0 Å². The van der Waals surface area contributed by atoms with Crippen LogP contribution in [0.1, 0.15) is 19.8 Å². The quantitative estimate of drug-likeness (QED) is 0.666. The summed E-state index contributed by atoms with van der Waals surface area (Å²) in [5.74, 6) is 0.395. The summed E-state index contributed by atoms with van der Waals surface area (Å²) in [7, 11) is 0. The van der Waals surface area contributed by atoms with Gasteiger partial charge in [0.25, 0.3) is 0 Å². The summed E-state index contributed by atoms with van der Waals surface area (Å²) >= 11 is 3.13. The van der Waals surface area contributed by atoms with Crippen LogP contribution in [0.5, 0.6) is 5.75 Å². The summed E-state index contributed by atoms with van der Waals surface area (Å²) in [6, 6.07) is 4.65. The molecule has 0 spiro atoms. The minimum Gasteiger partial charge on any atom is -0.492 e. The monoisotopic (exact) mass is 333 g/mol. The number of unbranched alkanes of at least 4 members (excludes halogenated alkanes) is 1. The highest BCUT2D eigenvalue weighted by Gasteiger charge is 2.00. The normalized spacial score (nSPS) is 10.7. The zero-order valence-electron chi connectivity index (χ0n) is 11.3. The van der Waals surface area contributed by atoms with Crippen molar-refractivity contribution in [1.82, 2.24) is 5.32 Å². The highest BCUT2D eigenvalue weighted by molar-refractivity contribution is 9.10. The molecule has 0 aromatic heterocycles. The zero-order valence-corrected chi connectivity index (χ0v) is 12.8. The molecule has 0 heterocycles. The minimum atomic E-state index is -0.278. The van der Waals surface area contributed by atoms with Crippen molar-refractivity contribution in [3.8, 4) is 5.75 Å². The SMILES string of the molecule is CCOCCCCNCCOc1ccc(F)c(Br)c1. The zero-order chi connectivity index (χ0) is 13.9. The smallest absolute Gasteiger partial charge is 0.137 e. The molecule has 0 atom stereocenters. The third kappa shape index (κ3) is 7.50. The highest BCUT2D eigenvalue weighted by atomic mass is 79.9. The molecular formula is C14H21BrFNO2. The largest absolute Gasteiger partial charge is 0.492 e. The van der Waals surface area contributed by atoms with E-state index in [1.54, 1.807) is 12.1 Å². The van der Waals surface area contributed by atoms with Crippen LogP contribution in [0, 0.1) is 5.82 Å². The summed E-state index contributed by atoms with van der Waals surface area (Å²) in [6.07, 6.45) is 2.18. The molecule has 0 radical (unpaired) electrons. The Kier molecular flexibility index (Phi) is 8.79. The van der Waals surface area contributed by atoms with Gasteiger partial charge in [-0.2, -0.15) is 0 Å². The number of hydrogen-bond acceptors (Lipinski definition) is 3. The van der Waals surface area contributed by atoms with Crippen molar-refractivity contribution in [2.45, 2.75) is 19.8 Å². The van der Waals surface area contributed by atoms with Gasteiger partial charge in [-0.05, 0) is 60.4 Å². The van der Waals surface area contributed by atoms with Gasteiger partial charge in [0.15, 0.2) is 0 Å². The summed E-state index contributed by atoms with van der Waals surface area (Å²) in [4.78, 5) is 0. The van der Waals surface area contributed by atoms with Gasteiger partial charge in [-0.15, -0.1) is 0 Å². The molecule has 0 bridgehead atoms. The summed E-state index contributed by atoms with van der Waals surface area (Å²) in [6.45, 7) is 5.94. The maximum Gasteiger partial charge on any atom is 0.137 e. The van der Waals surface area contributed by atoms with E-state index in [-0.39, 0.29) is 5.82 Å². The van der Waals surface area contributed by atoms with Gasteiger partial charge in [-0.25, -0.2) is 4.39 Å². The molecule has 5 heteroatoms. The van der Waals surface area contributed by atoms with Gasteiger partial charge < -0.3 is 14.8 Å². The molecule has 1 rings (SSSR count). The van der Waals surface area contributed by atoms with Gasteiger partial charge in [0.2, 0.25) is 0 Å². The highest BCUT2D eigenvalue weighted by Crippen LogP contribution is 2.21. The first kappa shape index (κ1) is 16.4. The van der Waals surface area contributed by atoms with Gasteiger partial charge >= 0.3 is 0 Å². The molecule has 19 heavy (non-hydrogen) atoms. The van der Waals surface area contributed by atoms with Gasteiger partial charge in [-0.3, -0.25) is 0 Å². The van der Waals surface area contributed by atoms with E-state index in [2.05, 4.69) is 21.2 Å². The topological polar surface area (TPSA) is 30.5 Å². The fraction of sp³-hybridized carbons (Fsp3) is 0.571. The molecule has 0 aliphatic heterocycles. The molecule has 0 unspecified atom stereocenters. The van der Waals surface area contributed by atoms with E-state index in [0.717, 1.165) is 39.1 Å². The van der Waals surface area contributed by atoms with E-state index >= 15 is 0 Å². The van der Waals surface area contributed by atoms with E-state index in [9.17, 15) is 4.39 Å². The van der Waals surface area contributed by atoms with Gasteiger partial charge in [-0.1, -0.05) is 0 Å². The standard InChI is InChI=1S/C14H21BrFNO2/c1-2-18-9-4-3-7-17-8-10-19-12-5-6-14(16)13(15)11-12/h5-6,11,17H,2-4,7-10H2,1H3. The summed E-state index contributed by atoms with van der Waals surface area (Å²) < 4.78 is 24.2. The predicted molar refractivity (Wildman–Crippen MR) is 78.2 cm³/mol. The second kappa shape index (κ2) is 10.2. The van der Waals surface area contributed by atoms with Crippen LogP contribution in [-0.2, 0) is 4.74 Å². The van der Waals surface area contributed by atoms with Crippen LogP contribution in [0.15, 0.2) is 22.7 Å². The molecule has 0 aliphatic carbocycles. The average Bonchev–Trinajstić information content (AvgIpc) is 2.41. The van der Waals surface area contributed by atoms with Crippen LogP contribution in [0.2, 0.25) is 0 Å². The van der Waals surface area contributed by atoms with E-state index in [0.29, 0.717) is 16.8 Å². The summed E-state index contributed by atoms with van der Waals surface area (Å²) in [5.41, 5.74) is 0. The van der Waals surface area contributed by atoms with Crippen molar-refractivity contribution in [3.05, 3.63) is 28.5 Å². The van der Waals surface area contributed by atoms with Gasteiger partial charge in [0.1, 0.15) is 18.2 Å². The van der Waals surface area contributed by atoms with Crippen LogP contribution >= 0.6 is 15.9 Å². The molecule has 0 aliphatic rings. The van der Waals surface area contributed by atoms with Gasteiger partial charge in [0.05, 0.1) is 4.47 Å². The summed E-state index contributed by atoms with van der Waals surface area (Å²) in [5, 5.41) is 3.29. The minimum absolute atomic E-state index is 0.278. The first-order valence-corrected chi connectivity index (χ1v) is 7.39. The number of benzene rings is 1. The maximum absolute atomic E-state index is 13.0. The lowest BCUT2D eigenvalue weighted by molar-refractivity contribution is 0.143. The number of rotatable bonds is 10. The number of nitrogens with one attached hydrogen (secondary N) is 1. The lowest BCUT2D eigenvalue weighted by Gasteiger charge is -2.08. The molecule has 1 aromatic rings. The fourth-order valence-corrected chi connectivity index (χ4v) is 1.89. The van der Waals surface area contributed by atoms with E-state index in [1.165, 1.54) is 6.07 Å². The predicted octanol–water partition coefficient (Wildman–Crippen LogP) is 3.37. The molecule has 1 aromatic carbocycles. The first-order valence-electron chi connectivity index (χ1n) is 6.60. The fourth-order valence-electron chi connectivity index (χ4n) is 1.53. The van der Waals surface area contributed by atoms with Gasteiger partial charge in [0, 0.05) is 19.8 Å². The van der Waals surface area contributed by atoms with Crippen molar-refractivity contribution < 1.29 is 13.9 Å². The molecular weight excluding hydrogens is 313 g/mol. The Hall–Kier alpha value is -0.650. The number of hydrogen-bond donors (Lipinski definition) is 1. The third-order valence-electron chi connectivity index (χ3n) is 2.53. The second-order valence-electron chi connectivity index (χ2n) is 4.08. The molecule has 108 valence electrons. The van der Waals surface area contributed by atoms with E-state index in [1.807, 2.05) is 6.92 Å². The lowest BCUT2D eigenvalue weighted by atomic mass is 10.3. The van der Waals surface area contributed by atoms with Crippen LogP contribution in [0.4, 0.5) is 4.39 Å². The van der Waals surface area contributed by atoms with Crippen LogP contribution in [0.25, 0.3) is 0 Å². The third-order valence-corrected chi connectivity index (χ3v) is 3.14. The Bertz CT molecular complexity index is 363. The Morgan fingerprint density at radius 2 is 2.05 bits per heavy atom. The van der Waals surface area contributed by atoms with Crippen molar-refractivity contribution in [2.24, 2.45) is 0 Å². The van der Waals surface area contributed by atoms with E-state index < -0.39 is 0 Å².